The summed E-state index contributed by atoms with van der Waals surface area (Å²) in [5.41, 5.74) is 1.74. The number of aromatic nitrogens is 1. The van der Waals surface area contributed by atoms with Gasteiger partial charge < -0.3 is 25.5 Å². The van der Waals surface area contributed by atoms with Crippen molar-refractivity contribution in [2.75, 3.05) is 13.2 Å². The maximum absolute atomic E-state index is 13.1. The number of amides is 1. The van der Waals surface area contributed by atoms with Crippen molar-refractivity contribution < 1.29 is 14.6 Å². The van der Waals surface area contributed by atoms with Crippen LogP contribution < -0.4 is 15.4 Å². The summed E-state index contributed by atoms with van der Waals surface area (Å²) in [6, 6.07) is 7.89. The van der Waals surface area contributed by atoms with Gasteiger partial charge in [-0.15, -0.1) is 0 Å². The first kappa shape index (κ1) is 25.1. The van der Waals surface area contributed by atoms with Crippen LogP contribution in [-0.4, -0.2) is 46.3 Å². The molecule has 1 aromatic heterocycles. The molecule has 0 saturated heterocycles. The van der Waals surface area contributed by atoms with Gasteiger partial charge in [-0.25, -0.2) is 0 Å². The number of β-amino-alcohol motifs (C(OH)–C–C–N with tert-alkyl or cyclic N) is 1. The van der Waals surface area contributed by atoms with Gasteiger partial charge in [0.05, 0.1) is 0 Å². The number of aliphatic hydroxyl groups is 1. The number of allylic oxidation sites excluding steroid dienone is 3. The zero-order chi connectivity index (χ0) is 25.3. The first-order valence-corrected chi connectivity index (χ1v) is 13.6. The van der Waals surface area contributed by atoms with E-state index in [2.05, 4.69) is 54.6 Å². The molecule has 1 aromatic carbocycles. The summed E-state index contributed by atoms with van der Waals surface area (Å²) in [7, 11) is 0. The molecule has 2 aromatic rings. The van der Waals surface area contributed by atoms with Gasteiger partial charge in [-0.3, -0.25) is 4.79 Å². The predicted octanol–water partition coefficient (Wildman–Crippen LogP) is 4.86. The number of hydrogen-bond donors (Lipinski definition) is 4. The Hall–Kier alpha value is -2.57. The normalized spacial score (nSPS) is 28.7. The zero-order valence-electron chi connectivity index (χ0n) is 21.8. The fourth-order valence-electron chi connectivity index (χ4n) is 6.24. The Kier molecular flexibility index (Phi) is 7.01. The van der Waals surface area contributed by atoms with Gasteiger partial charge in [0.25, 0.3) is 0 Å². The number of aromatic amines is 1. The lowest BCUT2D eigenvalue weighted by atomic mass is 9.70. The van der Waals surface area contributed by atoms with Crippen LogP contribution in [0.15, 0.2) is 54.3 Å². The van der Waals surface area contributed by atoms with Crippen LogP contribution in [0.25, 0.3) is 10.9 Å². The van der Waals surface area contributed by atoms with Crippen LogP contribution in [0.3, 0.4) is 0 Å². The van der Waals surface area contributed by atoms with E-state index in [1.54, 1.807) is 0 Å². The Morgan fingerprint density at radius 2 is 2.00 bits per heavy atom. The van der Waals surface area contributed by atoms with Gasteiger partial charge in [0, 0.05) is 46.2 Å². The quantitative estimate of drug-likeness (QED) is 0.377. The molecule has 4 aliphatic rings. The molecule has 1 fully saturated rings. The molecule has 6 heteroatoms. The fraction of sp³-hybridized carbons (Fsp3) is 0.567. The highest BCUT2D eigenvalue weighted by atomic mass is 16.5. The summed E-state index contributed by atoms with van der Waals surface area (Å²) < 4.78 is 5.92. The van der Waals surface area contributed by atoms with Crippen LogP contribution in [0.4, 0.5) is 0 Å². The molecule has 4 N–H and O–H groups in total. The highest BCUT2D eigenvalue weighted by Gasteiger charge is 2.40. The zero-order valence-corrected chi connectivity index (χ0v) is 21.8. The van der Waals surface area contributed by atoms with Crippen molar-refractivity contribution in [1.29, 1.82) is 0 Å². The fourth-order valence-corrected chi connectivity index (χ4v) is 6.24. The first-order valence-electron chi connectivity index (χ1n) is 13.6. The monoisotopic (exact) mass is 491 g/mol. The standard InChI is InChI=1S/C30H41N3O3/c1-29(2,32-18-23(34)19-36-27-6-4-5-26-24(27)13-16-31-26)22-11-14-30(3,15-12-22)33-28(35)25-17-20-7-9-21(25)10-8-20/h4-7,9,13,16-17,20-23,31-32,34H,8,10-12,14-15,18-19H2,1-3H3,(H,33,35). The van der Waals surface area contributed by atoms with Gasteiger partial charge in [-0.2, -0.15) is 0 Å². The second-order valence-corrected chi connectivity index (χ2v) is 11.9. The molecule has 3 atom stereocenters. The van der Waals surface area contributed by atoms with Crippen LogP contribution in [0.5, 0.6) is 5.75 Å². The van der Waals surface area contributed by atoms with Crippen LogP contribution in [0.2, 0.25) is 0 Å². The smallest absolute Gasteiger partial charge is 0.247 e. The van der Waals surface area contributed by atoms with Crippen molar-refractivity contribution in [2.24, 2.45) is 17.8 Å². The average molecular weight is 492 g/mol. The lowest BCUT2D eigenvalue weighted by molar-refractivity contribution is -0.120. The van der Waals surface area contributed by atoms with Gasteiger partial charge >= 0.3 is 0 Å². The molecule has 0 radical (unpaired) electrons. The number of carbonyl (C=O) groups is 1. The summed E-state index contributed by atoms with van der Waals surface area (Å²) in [6.45, 7) is 7.37. The van der Waals surface area contributed by atoms with E-state index in [1.807, 2.05) is 30.5 Å². The third kappa shape index (κ3) is 5.40. The number of benzene rings is 1. The third-order valence-electron chi connectivity index (χ3n) is 8.76. The molecule has 36 heavy (non-hydrogen) atoms. The van der Waals surface area contributed by atoms with Crippen molar-refractivity contribution in [1.82, 2.24) is 15.6 Å². The Labute approximate surface area is 214 Å². The van der Waals surface area contributed by atoms with Crippen molar-refractivity contribution in [2.45, 2.75) is 76.5 Å². The van der Waals surface area contributed by atoms with E-state index in [4.69, 9.17) is 4.74 Å². The largest absolute Gasteiger partial charge is 0.490 e. The minimum absolute atomic E-state index is 0.108. The van der Waals surface area contributed by atoms with Gasteiger partial charge in [-0.1, -0.05) is 24.3 Å². The number of aliphatic hydroxyl groups excluding tert-OH is 1. The Morgan fingerprint density at radius 1 is 1.19 bits per heavy atom. The highest BCUT2D eigenvalue weighted by Crippen LogP contribution is 2.39. The van der Waals surface area contributed by atoms with E-state index in [1.165, 1.54) is 6.42 Å². The molecule has 1 amide bonds. The SMILES string of the molecule is CC1(NC(=O)C2=CC3C=CC2CC3)CCC(C(C)(C)NCC(O)COc2cccc3[nH]ccc23)CC1. The van der Waals surface area contributed by atoms with Gasteiger partial charge in [0.15, 0.2) is 0 Å². The van der Waals surface area contributed by atoms with E-state index in [0.29, 0.717) is 24.3 Å². The molecule has 194 valence electrons. The summed E-state index contributed by atoms with van der Waals surface area (Å²) in [6.07, 6.45) is 14.2. The summed E-state index contributed by atoms with van der Waals surface area (Å²) >= 11 is 0. The molecule has 6 rings (SSSR count). The minimum atomic E-state index is -0.597. The number of rotatable bonds is 9. The number of hydrogen-bond acceptors (Lipinski definition) is 4. The molecule has 3 unspecified atom stereocenters. The van der Waals surface area contributed by atoms with Crippen molar-refractivity contribution in [3.8, 4) is 5.75 Å². The van der Waals surface area contributed by atoms with Crippen molar-refractivity contribution in [3.63, 3.8) is 0 Å². The number of carbonyl (C=O) groups excluding carboxylic acids is 1. The Bertz CT molecular complexity index is 1140. The average Bonchev–Trinajstić information content (AvgIpc) is 3.37. The molecule has 4 aliphatic carbocycles. The number of ether oxygens (including phenoxy) is 1. The van der Waals surface area contributed by atoms with E-state index in [9.17, 15) is 9.90 Å². The van der Waals surface area contributed by atoms with Crippen LogP contribution in [0.1, 0.15) is 59.3 Å². The summed E-state index contributed by atoms with van der Waals surface area (Å²) in [5, 5.41) is 18.6. The highest BCUT2D eigenvalue weighted by molar-refractivity contribution is 5.95. The van der Waals surface area contributed by atoms with E-state index >= 15 is 0 Å². The Balaban J connectivity index is 1.08. The molecule has 1 saturated carbocycles. The molecule has 2 bridgehead atoms. The van der Waals surface area contributed by atoms with Crippen molar-refractivity contribution >= 4 is 16.8 Å². The lowest BCUT2D eigenvalue weighted by Crippen LogP contribution is -2.55. The molecule has 1 heterocycles. The molecular formula is C30H41N3O3. The molecular weight excluding hydrogens is 450 g/mol. The second-order valence-electron chi connectivity index (χ2n) is 11.9. The van der Waals surface area contributed by atoms with Crippen LogP contribution in [0, 0.1) is 17.8 Å². The maximum atomic E-state index is 13.1. The van der Waals surface area contributed by atoms with E-state index in [0.717, 1.165) is 54.3 Å². The Morgan fingerprint density at radius 3 is 2.69 bits per heavy atom. The van der Waals surface area contributed by atoms with Gasteiger partial charge in [0.2, 0.25) is 5.91 Å². The van der Waals surface area contributed by atoms with Crippen LogP contribution in [-0.2, 0) is 4.79 Å². The predicted molar refractivity (Wildman–Crippen MR) is 144 cm³/mol. The summed E-state index contributed by atoms with van der Waals surface area (Å²) in [5.74, 6) is 2.13. The number of fused-ring (bicyclic) bond motifs is 2. The molecule has 6 nitrogen and oxygen atoms in total. The van der Waals surface area contributed by atoms with Crippen molar-refractivity contribution in [3.05, 3.63) is 54.3 Å². The van der Waals surface area contributed by atoms with Gasteiger partial charge in [0.1, 0.15) is 18.5 Å². The van der Waals surface area contributed by atoms with E-state index < -0.39 is 6.10 Å². The third-order valence-corrected chi connectivity index (χ3v) is 8.76. The maximum Gasteiger partial charge on any atom is 0.247 e. The van der Waals surface area contributed by atoms with E-state index in [-0.39, 0.29) is 23.6 Å². The topological polar surface area (TPSA) is 86.4 Å². The molecule has 0 spiro atoms. The minimum Gasteiger partial charge on any atom is -0.490 e. The second kappa shape index (κ2) is 10.1. The summed E-state index contributed by atoms with van der Waals surface area (Å²) in [4.78, 5) is 16.3. The number of nitrogens with one attached hydrogen (secondary N) is 3. The lowest BCUT2D eigenvalue weighted by Gasteiger charge is -2.45. The molecule has 0 aliphatic heterocycles. The van der Waals surface area contributed by atoms with Crippen LogP contribution >= 0.6 is 0 Å². The first-order chi connectivity index (χ1) is 17.2. The number of H-pyrrole nitrogens is 1. The van der Waals surface area contributed by atoms with Gasteiger partial charge in [-0.05, 0) is 89.3 Å².